The van der Waals surface area contributed by atoms with E-state index in [0.29, 0.717) is 22.6 Å². The lowest BCUT2D eigenvalue weighted by Gasteiger charge is -2.15. The zero-order valence-corrected chi connectivity index (χ0v) is 19.8. The number of benzene rings is 1. The molecule has 0 spiro atoms. The van der Waals surface area contributed by atoms with E-state index in [1.807, 2.05) is 37.6 Å². The largest absolute Gasteiger partial charge is 0.421 e. The summed E-state index contributed by atoms with van der Waals surface area (Å²) in [4.78, 5) is 21.7. The fourth-order valence-corrected chi connectivity index (χ4v) is 4.68. The van der Waals surface area contributed by atoms with Gasteiger partial charge in [0.25, 0.3) is 0 Å². The molecule has 9 heteroatoms. The summed E-state index contributed by atoms with van der Waals surface area (Å²) >= 11 is 0. The van der Waals surface area contributed by atoms with Crippen molar-refractivity contribution in [2.75, 3.05) is 5.32 Å². The molecule has 0 amide bonds. The van der Waals surface area contributed by atoms with Gasteiger partial charge in [0.15, 0.2) is 11.6 Å². The summed E-state index contributed by atoms with van der Waals surface area (Å²) in [5.74, 6) is 2.75. The van der Waals surface area contributed by atoms with Crippen LogP contribution >= 0.6 is 0 Å². The summed E-state index contributed by atoms with van der Waals surface area (Å²) in [6, 6.07) is 7.15. The fraction of sp³-hybridized carbons (Fsp3) is 0.148. The van der Waals surface area contributed by atoms with Gasteiger partial charge in [-0.1, -0.05) is 12.0 Å². The maximum Gasteiger partial charge on any atom is 0.322 e. The van der Waals surface area contributed by atoms with E-state index in [4.69, 9.17) is 11.2 Å². The van der Waals surface area contributed by atoms with Gasteiger partial charge in [0.2, 0.25) is 0 Å². The van der Waals surface area contributed by atoms with Gasteiger partial charge in [-0.25, -0.2) is 29.3 Å². The minimum Gasteiger partial charge on any atom is -0.421 e. The van der Waals surface area contributed by atoms with Crippen LogP contribution in [0.15, 0.2) is 43.0 Å². The second-order valence-corrected chi connectivity index (χ2v) is 8.57. The Bertz CT molecular complexity index is 1740. The highest BCUT2D eigenvalue weighted by atomic mass is 19.1. The van der Waals surface area contributed by atoms with Crippen LogP contribution < -0.4 is 10.1 Å². The van der Waals surface area contributed by atoms with E-state index in [9.17, 15) is 0 Å². The van der Waals surface area contributed by atoms with E-state index in [2.05, 4.69) is 36.2 Å². The van der Waals surface area contributed by atoms with Gasteiger partial charge in [0.1, 0.15) is 23.5 Å². The highest BCUT2D eigenvalue weighted by molar-refractivity contribution is 6.09. The van der Waals surface area contributed by atoms with E-state index < -0.39 is 5.82 Å². The van der Waals surface area contributed by atoms with E-state index in [-0.39, 0.29) is 18.3 Å². The summed E-state index contributed by atoms with van der Waals surface area (Å²) in [6.07, 6.45) is 10.4. The van der Waals surface area contributed by atoms with Crippen LogP contribution in [0, 0.1) is 32.0 Å². The van der Waals surface area contributed by atoms with Crippen LogP contribution in [-0.4, -0.2) is 29.5 Å². The molecule has 6 rings (SSSR count). The van der Waals surface area contributed by atoms with E-state index >= 15 is 4.39 Å². The third-order valence-corrected chi connectivity index (χ3v) is 6.36. The van der Waals surface area contributed by atoms with Crippen LogP contribution in [0.25, 0.3) is 33.4 Å². The van der Waals surface area contributed by atoms with Gasteiger partial charge in [0.05, 0.1) is 11.1 Å². The third kappa shape index (κ3) is 3.26. The van der Waals surface area contributed by atoms with Gasteiger partial charge in [0, 0.05) is 48.4 Å². The Hall–Kier alpha value is -4.84. The second kappa shape index (κ2) is 8.13. The summed E-state index contributed by atoms with van der Waals surface area (Å²) in [6.45, 7) is 4.01. The molecule has 4 aromatic heterocycles. The van der Waals surface area contributed by atoms with Gasteiger partial charge < -0.3 is 14.6 Å². The van der Waals surface area contributed by atoms with Crippen molar-refractivity contribution < 1.29 is 9.13 Å². The van der Waals surface area contributed by atoms with Crippen molar-refractivity contribution in [2.24, 2.45) is 7.05 Å². The van der Waals surface area contributed by atoms with Crippen LogP contribution in [0.1, 0.15) is 22.5 Å². The monoisotopic (exact) mass is 477 g/mol. The molecule has 5 aromatic rings. The molecule has 1 aromatic carbocycles. The van der Waals surface area contributed by atoms with E-state index in [1.165, 1.54) is 6.33 Å². The summed E-state index contributed by atoms with van der Waals surface area (Å²) in [5, 5.41) is 4.09. The molecule has 0 atom stereocenters. The van der Waals surface area contributed by atoms with Crippen molar-refractivity contribution >= 4 is 16.9 Å². The number of pyridine rings is 1. The first-order valence-electron chi connectivity index (χ1n) is 11.3. The Balaban J connectivity index is 1.60. The van der Waals surface area contributed by atoms with Gasteiger partial charge in [-0.3, -0.25) is 0 Å². The van der Waals surface area contributed by atoms with Crippen molar-refractivity contribution in [2.45, 2.75) is 20.4 Å². The number of hydrogen-bond acceptors (Lipinski definition) is 7. The highest BCUT2D eigenvalue weighted by Gasteiger charge is 2.29. The molecule has 0 unspecified atom stereocenters. The molecule has 0 bridgehead atoms. The maximum atomic E-state index is 15.9. The van der Waals surface area contributed by atoms with Crippen molar-refractivity contribution in [1.29, 1.82) is 0 Å². The van der Waals surface area contributed by atoms with Crippen molar-refractivity contribution in [3.63, 3.8) is 0 Å². The quantitative estimate of drug-likeness (QED) is 0.368. The number of nitrogens with one attached hydrogen (secondary N) is 1. The molecule has 1 N–H and O–H groups in total. The highest BCUT2D eigenvalue weighted by Crippen LogP contribution is 2.47. The number of aryl methyl sites for hydroxylation is 3. The first kappa shape index (κ1) is 21.7. The number of hydrogen-bond donors (Lipinski definition) is 1. The average molecular weight is 478 g/mol. The van der Waals surface area contributed by atoms with E-state index in [0.717, 1.165) is 39.1 Å². The van der Waals surface area contributed by atoms with Crippen molar-refractivity contribution in [3.8, 4) is 46.5 Å². The normalized spacial score (nSPS) is 12.0. The Morgan fingerprint density at radius 3 is 2.75 bits per heavy atom. The van der Waals surface area contributed by atoms with Crippen molar-refractivity contribution in [1.82, 2.24) is 29.5 Å². The Kier molecular flexibility index (Phi) is 4.90. The van der Waals surface area contributed by atoms with Gasteiger partial charge in [-0.15, -0.1) is 6.42 Å². The van der Waals surface area contributed by atoms with Crippen LogP contribution in [-0.2, 0) is 13.6 Å². The topological polar surface area (TPSA) is 90.6 Å². The average Bonchev–Trinajstić information content (AvgIpc) is 3.05. The lowest BCUT2D eigenvalue weighted by atomic mass is 9.94. The molecule has 1 aliphatic heterocycles. The van der Waals surface area contributed by atoms with Crippen molar-refractivity contribution in [3.05, 3.63) is 71.3 Å². The number of ether oxygens (including phenoxy) is 1. The Morgan fingerprint density at radius 2 is 1.97 bits per heavy atom. The minimum atomic E-state index is -0.494. The molecule has 0 saturated heterocycles. The number of fused-ring (bicyclic) bond motifs is 2. The standard InChI is InChI=1S/C27H20FN7O/c1-5-16-10-14(2)18(11-30-16)24-21-17-6-7-20(36-27-29-9-8-15(3)34-27)23(28)19(17)12-31-25-22(21)26(35(24)4)33-13-32-25/h1,6-11,13H,12H2,2-4H3,(H,31,32,33). The smallest absolute Gasteiger partial charge is 0.322 e. The molecule has 1 aliphatic rings. The van der Waals surface area contributed by atoms with Gasteiger partial charge in [-0.2, -0.15) is 0 Å². The van der Waals surface area contributed by atoms with Crippen LogP contribution in [0.3, 0.4) is 0 Å². The molecule has 0 saturated carbocycles. The zero-order chi connectivity index (χ0) is 25.0. The van der Waals surface area contributed by atoms with Crippen LogP contribution in [0.5, 0.6) is 11.8 Å². The number of nitrogens with zero attached hydrogens (tertiary/aromatic N) is 6. The number of aromatic nitrogens is 6. The Labute approximate surface area is 206 Å². The Morgan fingerprint density at radius 1 is 1.11 bits per heavy atom. The van der Waals surface area contributed by atoms with E-state index in [1.54, 1.807) is 24.5 Å². The second-order valence-electron chi connectivity index (χ2n) is 8.57. The lowest BCUT2D eigenvalue weighted by Crippen LogP contribution is -2.06. The molecule has 8 nitrogen and oxygen atoms in total. The first-order valence-corrected chi connectivity index (χ1v) is 11.3. The molecule has 5 heterocycles. The number of halogens is 1. The summed E-state index contributed by atoms with van der Waals surface area (Å²) in [7, 11) is 1.93. The molecular formula is C27H20FN7O. The molecular weight excluding hydrogens is 457 g/mol. The zero-order valence-electron chi connectivity index (χ0n) is 19.8. The number of anilines is 1. The lowest BCUT2D eigenvalue weighted by molar-refractivity contribution is 0.408. The number of rotatable bonds is 3. The first-order chi connectivity index (χ1) is 17.5. The van der Waals surface area contributed by atoms with Gasteiger partial charge >= 0.3 is 6.01 Å². The minimum absolute atomic E-state index is 0.0446. The maximum absolute atomic E-state index is 15.9. The molecule has 0 radical (unpaired) electrons. The SMILES string of the molecule is C#Cc1cc(C)c(-c2c3c4c(ncnc4n2C)NCc2c-3ccc(Oc3nccc(C)n3)c2F)cn1. The fourth-order valence-electron chi connectivity index (χ4n) is 4.68. The molecule has 176 valence electrons. The molecule has 36 heavy (non-hydrogen) atoms. The van der Waals surface area contributed by atoms with Gasteiger partial charge in [-0.05, 0) is 43.2 Å². The predicted octanol–water partition coefficient (Wildman–Crippen LogP) is 4.94. The molecule has 0 aliphatic carbocycles. The van der Waals surface area contributed by atoms with Crippen LogP contribution in [0.4, 0.5) is 10.2 Å². The third-order valence-electron chi connectivity index (χ3n) is 6.36. The number of terminal acetylenes is 1. The predicted molar refractivity (Wildman–Crippen MR) is 134 cm³/mol. The summed E-state index contributed by atoms with van der Waals surface area (Å²) < 4.78 is 23.7. The molecule has 0 fully saturated rings. The van der Waals surface area contributed by atoms with Crippen LogP contribution in [0.2, 0.25) is 0 Å². The summed E-state index contributed by atoms with van der Waals surface area (Å²) in [5.41, 5.74) is 6.64.